The zero-order chi connectivity index (χ0) is 15.6. The molecular weight excluding hydrogens is 341 g/mol. The van der Waals surface area contributed by atoms with Crippen LogP contribution in [0.25, 0.3) is 0 Å². The van der Waals surface area contributed by atoms with Crippen molar-refractivity contribution in [3.63, 3.8) is 0 Å². The summed E-state index contributed by atoms with van der Waals surface area (Å²) in [4.78, 5) is 14.4. The largest absolute Gasteiger partial charge is 0.362 e. The summed E-state index contributed by atoms with van der Waals surface area (Å²) in [6.07, 6.45) is 1.19. The second-order valence-electron chi connectivity index (χ2n) is 4.58. The fourth-order valence-electron chi connectivity index (χ4n) is 1.96. The van der Waals surface area contributed by atoms with Gasteiger partial charge in [-0.05, 0) is 35.8 Å². The number of anilines is 1. The van der Waals surface area contributed by atoms with Gasteiger partial charge in [-0.2, -0.15) is 0 Å². The summed E-state index contributed by atoms with van der Waals surface area (Å²) in [6.45, 7) is 3.42. The quantitative estimate of drug-likeness (QED) is 0.654. The molecule has 0 fully saturated rings. The van der Waals surface area contributed by atoms with Crippen molar-refractivity contribution in [2.45, 2.75) is 19.9 Å². The zero-order valence-electron chi connectivity index (χ0n) is 11.4. The second-order valence-corrected chi connectivity index (χ2v) is 5.37. The number of nitrogens with zero attached hydrogens (tertiary/aromatic N) is 2. The molecule has 0 aliphatic rings. The molecule has 0 radical (unpaired) electrons. The van der Waals surface area contributed by atoms with Crippen LogP contribution in [-0.4, -0.2) is 9.91 Å². The molecule has 1 aromatic carbocycles. The lowest BCUT2D eigenvalue weighted by Crippen LogP contribution is -2.11. The highest BCUT2D eigenvalue weighted by molar-refractivity contribution is 9.10. The number of nitro groups is 1. The average Bonchev–Trinajstić information content (AvgIpc) is 2.44. The number of aromatic nitrogens is 1. The zero-order valence-corrected chi connectivity index (χ0v) is 13.0. The maximum absolute atomic E-state index is 13.7. The van der Waals surface area contributed by atoms with Crippen molar-refractivity contribution >= 4 is 27.4 Å². The Morgan fingerprint density at radius 3 is 2.71 bits per heavy atom. The van der Waals surface area contributed by atoms with E-state index in [1.165, 1.54) is 12.3 Å². The Labute approximate surface area is 129 Å². The molecule has 1 aromatic heterocycles. The summed E-state index contributed by atoms with van der Waals surface area (Å²) in [5.41, 5.74) is 0.909. The lowest BCUT2D eigenvalue weighted by Gasteiger charge is -2.17. The number of pyridine rings is 1. The third-order valence-corrected chi connectivity index (χ3v) is 4.13. The van der Waals surface area contributed by atoms with Gasteiger partial charge in [0, 0.05) is 11.1 Å². The van der Waals surface area contributed by atoms with Gasteiger partial charge in [-0.3, -0.25) is 10.1 Å². The number of halogens is 2. The standard InChI is InChI=1S/C14H13BrFN3O2/c1-8-12(19(20)21)7-17-14(13(8)15)18-9(2)10-5-3-4-6-11(10)16/h3-7,9H,1-2H3,(H,17,18). The van der Waals surface area contributed by atoms with E-state index in [4.69, 9.17) is 0 Å². The van der Waals surface area contributed by atoms with Gasteiger partial charge in [-0.1, -0.05) is 18.2 Å². The van der Waals surface area contributed by atoms with E-state index in [0.29, 0.717) is 21.4 Å². The fraction of sp³-hybridized carbons (Fsp3) is 0.214. The minimum atomic E-state index is -0.489. The molecule has 0 spiro atoms. The maximum atomic E-state index is 13.7. The molecule has 110 valence electrons. The third kappa shape index (κ3) is 3.18. The molecule has 21 heavy (non-hydrogen) atoms. The minimum absolute atomic E-state index is 0.0639. The van der Waals surface area contributed by atoms with Crippen LogP contribution in [0.3, 0.4) is 0 Å². The van der Waals surface area contributed by atoms with E-state index in [2.05, 4.69) is 26.2 Å². The van der Waals surface area contributed by atoms with Gasteiger partial charge in [0.25, 0.3) is 5.69 Å². The van der Waals surface area contributed by atoms with Crippen LogP contribution in [0, 0.1) is 22.9 Å². The van der Waals surface area contributed by atoms with Crippen molar-refractivity contribution in [2.75, 3.05) is 5.32 Å². The lowest BCUT2D eigenvalue weighted by molar-refractivity contribution is -0.385. The van der Waals surface area contributed by atoms with E-state index in [-0.39, 0.29) is 17.5 Å². The summed E-state index contributed by atoms with van der Waals surface area (Å²) < 4.78 is 14.2. The molecule has 1 N–H and O–H groups in total. The molecule has 1 unspecified atom stereocenters. The Kier molecular flexibility index (Phi) is 4.52. The average molecular weight is 354 g/mol. The van der Waals surface area contributed by atoms with E-state index in [1.807, 2.05) is 0 Å². The van der Waals surface area contributed by atoms with Crippen LogP contribution in [0.4, 0.5) is 15.9 Å². The van der Waals surface area contributed by atoms with Gasteiger partial charge < -0.3 is 5.32 Å². The summed E-state index contributed by atoms with van der Waals surface area (Å²) in [5, 5.41) is 13.9. The molecule has 7 heteroatoms. The molecule has 1 atom stereocenters. The fourth-order valence-corrected chi connectivity index (χ4v) is 2.38. The minimum Gasteiger partial charge on any atom is -0.362 e. The number of hydrogen-bond donors (Lipinski definition) is 1. The van der Waals surface area contributed by atoms with Crippen LogP contribution >= 0.6 is 15.9 Å². The molecule has 0 aliphatic carbocycles. The summed E-state index contributed by atoms with van der Waals surface area (Å²) in [7, 11) is 0. The first-order valence-corrected chi connectivity index (χ1v) is 7.01. The molecule has 0 saturated heterocycles. The predicted octanol–water partition coefficient (Wildman–Crippen LogP) is 4.37. The van der Waals surface area contributed by atoms with Gasteiger partial charge >= 0.3 is 0 Å². The van der Waals surface area contributed by atoms with Gasteiger partial charge in [-0.25, -0.2) is 9.37 Å². The Hall–Kier alpha value is -2.02. The molecule has 0 amide bonds. The van der Waals surface area contributed by atoms with E-state index in [0.717, 1.165) is 0 Å². The number of rotatable bonds is 4. The third-order valence-electron chi connectivity index (χ3n) is 3.16. The van der Waals surface area contributed by atoms with Gasteiger partial charge in [0.15, 0.2) is 0 Å². The van der Waals surface area contributed by atoms with Crippen LogP contribution in [0.1, 0.15) is 24.1 Å². The summed E-state index contributed by atoms with van der Waals surface area (Å²) in [6, 6.07) is 6.11. The van der Waals surface area contributed by atoms with Gasteiger partial charge in [-0.15, -0.1) is 0 Å². The molecule has 2 aromatic rings. The van der Waals surface area contributed by atoms with Gasteiger partial charge in [0.05, 0.1) is 15.4 Å². The molecule has 0 bridgehead atoms. The highest BCUT2D eigenvalue weighted by Gasteiger charge is 2.19. The topological polar surface area (TPSA) is 68.1 Å². The van der Waals surface area contributed by atoms with E-state index in [9.17, 15) is 14.5 Å². The van der Waals surface area contributed by atoms with Crippen molar-refractivity contribution < 1.29 is 9.31 Å². The number of nitrogens with one attached hydrogen (secondary N) is 1. The maximum Gasteiger partial charge on any atom is 0.291 e. The molecule has 0 saturated carbocycles. The van der Waals surface area contributed by atoms with Crippen molar-refractivity contribution in [1.29, 1.82) is 0 Å². The van der Waals surface area contributed by atoms with Crippen molar-refractivity contribution in [1.82, 2.24) is 4.98 Å². The Bertz CT molecular complexity index is 694. The highest BCUT2D eigenvalue weighted by Crippen LogP contribution is 2.32. The smallest absolute Gasteiger partial charge is 0.291 e. The predicted molar refractivity (Wildman–Crippen MR) is 81.8 cm³/mol. The van der Waals surface area contributed by atoms with E-state index < -0.39 is 4.92 Å². The molecule has 0 aliphatic heterocycles. The van der Waals surface area contributed by atoms with E-state index >= 15 is 0 Å². The van der Waals surface area contributed by atoms with Crippen LogP contribution in [0.2, 0.25) is 0 Å². The highest BCUT2D eigenvalue weighted by atomic mass is 79.9. The second kappa shape index (κ2) is 6.17. The Morgan fingerprint density at radius 2 is 2.10 bits per heavy atom. The van der Waals surface area contributed by atoms with Crippen molar-refractivity contribution in [3.05, 3.63) is 62.0 Å². The monoisotopic (exact) mass is 353 g/mol. The van der Waals surface area contributed by atoms with Crippen LogP contribution in [-0.2, 0) is 0 Å². The van der Waals surface area contributed by atoms with E-state index in [1.54, 1.807) is 32.0 Å². The molecular formula is C14H13BrFN3O2. The van der Waals surface area contributed by atoms with Gasteiger partial charge in [0.2, 0.25) is 0 Å². The van der Waals surface area contributed by atoms with Gasteiger partial charge in [0.1, 0.15) is 17.8 Å². The number of benzene rings is 1. The Balaban J connectivity index is 2.30. The van der Waals surface area contributed by atoms with Crippen LogP contribution in [0.15, 0.2) is 34.9 Å². The normalized spacial score (nSPS) is 12.0. The Morgan fingerprint density at radius 1 is 1.43 bits per heavy atom. The van der Waals surface area contributed by atoms with Crippen LogP contribution in [0.5, 0.6) is 0 Å². The summed E-state index contributed by atoms with van der Waals surface area (Å²) >= 11 is 3.30. The molecule has 1 heterocycles. The van der Waals surface area contributed by atoms with Crippen LogP contribution < -0.4 is 5.32 Å². The lowest BCUT2D eigenvalue weighted by atomic mass is 10.1. The van der Waals surface area contributed by atoms with Crippen molar-refractivity contribution in [2.24, 2.45) is 0 Å². The molecule has 5 nitrogen and oxygen atoms in total. The van der Waals surface area contributed by atoms with Crippen molar-refractivity contribution in [3.8, 4) is 0 Å². The SMILES string of the molecule is Cc1c([N+](=O)[O-])cnc(NC(C)c2ccccc2F)c1Br. The first kappa shape index (κ1) is 15.4. The number of hydrogen-bond acceptors (Lipinski definition) is 4. The summed E-state index contributed by atoms with van der Waals surface area (Å²) in [5.74, 6) is 0.126. The molecule has 2 rings (SSSR count). The first-order valence-electron chi connectivity index (χ1n) is 6.22. The first-order chi connectivity index (χ1) is 9.91.